The number of nitrogens with two attached hydrogens (primary N) is 1. The number of amidine groups is 1. The van der Waals surface area contributed by atoms with E-state index >= 15 is 0 Å². The minimum atomic E-state index is 0.0623. The van der Waals surface area contributed by atoms with Crippen LogP contribution < -0.4 is 5.73 Å². The molecule has 3 nitrogen and oxygen atoms in total. The van der Waals surface area contributed by atoms with Gasteiger partial charge in [-0.25, -0.2) is 0 Å². The van der Waals surface area contributed by atoms with Gasteiger partial charge in [-0.1, -0.05) is 26.7 Å². The van der Waals surface area contributed by atoms with Gasteiger partial charge in [0, 0.05) is 5.92 Å². The molecule has 1 rings (SSSR count). The zero-order valence-electron chi connectivity index (χ0n) is 9.25. The van der Waals surface area contributed by atoms with Crippen LogP contribution >= 0.6 is 0 Å². The fraction of sp³-hybridized carbons (Fsp3) is 0.909. The van der Waals surface area contributed by atoms with Gasteiger partial charge in [-0.05, 0) is 18.8 Å². The molecule has 14 heavy (non-hydrogen) atoms. The topological polar surface area (TPSA) is 59.1 Å². The van der Waals surface area contributed by atoms with Crippen molar-refractivity contribution in [2.45, 2.75) is 45.6 Å². The van der Waals surface area contributed by atoms with E-state index in [0.29, 0.717) is 12.7 Å². The largest absolute Gasteiger partial charge is 0.387 e. The van der Waals surface area contributed by atoms with E-state index in [9.17, 15) is 0 Å². The van der Waals surface area contributed by atoms with Crippen LogP contribution in [0.1, 0.15) is 39.5 Å². The fourth-order valence-corrected chi connectivity index (χ4v) is 1.90. The highest BCUT2D eigenvalue weighted by atomic mass is 16.5. The molecule has 0 saturated heterocycles. The lowest BCUT2D eigenvalue weighted by atomic mass is 9.89. The molecule has 0 spiro atoms. The molecule has 1 aliphatic carbocycles. The predicted octanol–water partition coefficient (Wildman–Crippen LogP) is 2.15. The van der Waals surface area contributed by atoms with Crippen LogP contribution in [0.5, 0.6) is 0 Å². The smallest absolute Gasteiger partial charge is 0.0957 e. The van der Waals surface area contributed by atoms with Crippen molar-refractivity contribution >= 4 is 5.84 Å². The summed E-state index contributed by atoms with van der Waals surface area (Å²) >= 11 is 0. The van der Waals surface area contributed by atoms with Gasteiger partial charge in [0.1, 0.15) is 0 Å². The molecule has 3 N–H and O–H groups in total. The summed E-state index contributed by atoms with van der Waals surface area (Å²) in [6.07, 6.45) is 5.36. The monoisotopic (exact) mass is 198 g/mol. The van der Waals surface area contributed by atoms with Crippen molar-refractivity contribution in [3.63, 3.8) is 0 Å². The van der Waals surface area contributed by atoms with Gasteiger partial charge in [-0.3, -0.25) is 5.41 Å². The van der Waals surface area contributed by atoms with Crippen molar-refractivity contribution in [1.82, 2.24) is 0 Å². The zero-order valence-corrected chi connectivity index (χ0v) is 9.25. The number of hydrogen-bond donors (Lipinski definition) is 2. The van der Waals surface area contributed by atoms with Crippen molar-refractivity contribution in [2.75, 3.05) is 6.61 Å². The molecule has 0 radical (unpaired) electrons. The van der Waals surface area contributed by atoms with Crippen LogP contribution in [0.15, 0.2) is 0 Å². The Morgan fingerprint density at radius 2 is 2.29 bits per heavy atom. The molecule has 1 saturated carbocycles. The molecule has 0 heterocycles. The Labute approximate surface area is 86.5 Å². The van der Waals surface area contributed by atoms with Crippen LogP contribution in [0.4, 0.5) is 0 Å². The summed E-state index contributed by atoms with van der Waals surface area (Å²) in [6.45, 7) is 4.82. The normalized spacial score (nSPS) is 29.9. The number of ether oxygens (including phenoxy) is 1. The van der Waals surface area contributed by atoms with Gasteiger partial charge < -0.3 is 10.5 Å². The minimum absolute atomic E-state index is 0.0623. The molecule has 82 valence electrons. The van der Waals surface area contributed by atoms with E-state index in [1.165, 1.54) is 25.7 Å². The van der Waals surface area contributed by atoms with E-state index in [1.807, 2.05) is 6.92 Å². The Balaban J connectivity index is 2.20. The Hall–Kier alpha value is -0.570. The summed E-state index contributed by atoms with van der Waals surface area (Å²) in [5, 5.41) is 7.26. The molecule has 0 amide bonds. The summed E-state index contributed by atoms with van der Waals surface area (Å²) in [5.41, 5.74) is 5.38. The molecular weight excluding hydrogens is 176 g/mol. The van der Waals surface area contributed by atoms with Crippen LogP contribution in [-0.4, -0.2) is 18.5 Å². The maximum atomic E-state index is 7.26. The van der Waals surface area contributed by atoms with Crippen molar-refractivity contribution in [2.24, 2.45) is 17.6 Å². The Bertz CT molecular complexity index is 194. The van der Waals surface area contributed by atoms with Crippen LogP contribution in [0.3, 0.4) is 0 Å². The quantitative estimate of drug-likeness (QED) is 0.537. The second-order valence-electron chi connectivity index (χ2n) is 4.58. The lowest BCUT2D eigenvalue weighted by Gasteiger charge is -2.27. The van der Waals surface area contributed by atoms with Crippen molar-refractivity contribution in [1.29, 1.82) is 5.41 Å². The Morgan fingerprint density at radius 3 is 2.86 bits per heavy atom. The third kappa shape index (κ3) is 3.66. The van der Waals surface area contributed by atoms with Gasteiger partial charge in [-0.2, -0.15) is 0 Å². The summed E-state index contributed by atoms with van der Waals surface area (Å²) in [6, 6.07) is 0. The molecule has 0 aromatic carbocycles. The first kappa shape index (κ1) is 11.5. The van der Waals surface area contributed by atoms with Crippen LogP contribution in [0.25, 0.3) is 0 Å². The number of hydrogen-bond acceptors (Lipinski definition) is 2. The molecule has 3 atom stereocenters. The van der Waals surface area contributed by atoms with E-state index in [-0.39, 0.29) is 11.8 Å². The standard InChI is InChI=1S/C11H22N2O/c1-8-4-3-5-10(6-8)14-7-9(2)11(12)13/h8-10H,3-7H2,1-2H3,(H3,12,13). The first-order valence-corrected chi connectivity index (χ1v) is 5.55. The highest BCUT2D eigenvalue weighted by Crippen LogP contribution is 2.25. The van der Waals surface area contributed by atoms with Gasteiger partial charge >= 0.3 is 0 Å². The van der Waals surface area contributed by atoms with Crippen molar-refractivity contribution < 1.29 is 4.74 Å². The van der Waals surface area contributed by atoms with Crippen molar-refractivity contribution in [3.8, 4) is 0 Å². The molecule has 1 fully saturated rings. The van der Waals surface area contributed by atoms with Gasteiger partial charge in [-0.15, -0.1) is 0 Å². The van der Waals surface area contributed by atoms with E-state index in [2.05, 4.69) is 6.92 Å². The molecular formula is C11H22N2O. The maximum absolute atomic E-state index is 7.26. The van der Waals surface area contributed by atoms with E-state index in [0.717, 1.165) is 5.92 Å². The van der Waals surface area contributed by atoms with Gasteiger partial charge in [0.15, 0.2) is 0 Å². The third-order valence-corrected chi connectivity index (χ3v) is 3.00. The fourth-order valence-electron chi connectivity index (χ4n) is 1.90. The average Bonchev–Trinajstić information content (AvgIpc) is 2.14. The minimum Gasteiger partial charge on any atom is -0.387 e. The maximum Gasteiger partial charge on any atom is 0.0957 e. The van der Waals surface area contributed by atoms with E-state index in [1.54, 1.807) is 0 Å². The first-order valence-electron chi connectivity index (χ1n) is 5.55. The lowest BCUT2D eigenvalue weighted by Crippen LogP contribution is -2.28. The zero-order chi connectivity index (χ0) is 10.6. The van der Waals surface area contributed by atoms with E-state index in [4.69, 9.17) is 15.9 Å². The second-order valence-corrected chi connectivity index (χ2v) is 4.58. The van der Waals surface area contributed by atoms with Crippen LogP contribution in [0.2, 0.25) is 0 Å². The predicted molar refractivity (Wildman–Crippen MR) is 58.5 cm³/mol. The SMILES string of the molecule is CC1CCCC(OCC(C)C(=N)N)C1. The molecule has 3 heteroatoms. The lowest BCUT2D eigenvalue weighted by molar-refractivity contribution is 0.00807. The van der Waals surface area contributed by atoms with Crippen LogP contribution in [-0.2, 0) is 4.74 Å². The highest BCUT2D eigenvalue weighted by molar-refractivity contribution is 5.79. The van der Waals surface area contributed by atoms with Crippen molar-refractivity contribution in [3.05, 3.63) is 0 Å². The molecule has 0 aliphatic heterocycles. The van der Waals surface area contributed by atoms with Gasteiger partial charge in [0.2, 0.25) is 0 Å². The third-order valence-electron chi connectivity index (χ3n) is 3.00. The van der Waals surface area contributed by atoms with Crippen LogP contribution in [0, 0.1) is 17.2 Å². The molecule has 0 aromatic rings. The molecule has 3 unspecified atom stereocenters. The molecule has 0 bridgehead atoms. The second kappa shape index (κ2) is 5.35. The summed E-state index contributed by atoms with van der Waals surface area (Å²) in [5.74, 6) is 1.09. The molecule has 1 aliphatic rings. The summed E-state index contributed by atoms with van der Waals surface area (Å²) < 4.78 is 5.76. The summed E-state index contributed by atoms with van der Waals surface area (Å²) in [7, 11) is 0. The van der Waals surface area contributed by atoms with E-state index < -0.39 is 0 Å². The Morgan fingerprint density at radius 1 is 1.57 bits per heavy atom. The first-order chi connectivity index (χ1) is 6.59. The number of nitrogens with one attached hydrogen (secondary N) is 1. The average molecular weight is 198 g/mol. The molecule has 0 aromatic heterocycles. The highest BCUT2D eigenvalue weighted by Gasteiger charge is 2.20. The van der Waals surface area contributed by atoms with Gasteiger partial charge in [0.05, 0.1) is 18.5 Å². The summed E-state index contributed by atoms with van der Waals surface area (Å²) in [4.78, 5) is 0. The van der Waals surface area contributed by atoms with Gasteiger partial charge in [0.25, 0.3) is 0 Å². The Kier molecular flexibility index (Phi) is 4.39. The number of rotatable bonds is 4.